The fourth-order valence-corrected chi connectivity index (χ4v) is 1.99. The third-order valence-electron chi connectivity index (χ3n) is 1.85. The van der Waals surface area contributed by atoms with E-state index >= 15 is 0 Å². The average Bonchev–Trinajstić information content (AvgIpc) is 2.28. The summed E-state index contributed by atoms with van der Waals surface area (Å²) in [6, 6.07) is 9.30. The van der Waals surface area contributed by atoms with Crippen LogP contribution in [0.1, 0.15) is 12.5 Å². The predicted octanol–water partition coefficient (Wildman–Crippen LogP) is 4.62. The van der Waals surface area contributed by atoms with Gasteiger partial charge in [0, 0.05) is 6.92 Å². The molecule has 3 nitrogen and oxygen atoms in total. The number of carboxylic acids is 1. The Morgan fingerprint density at radius 1 is 1.26 bits per heavy atom. The van der Waals surface area contributed by atoms with Crippen molar-refractivity contribution in [2.75, 3.05) is 0 Å². The first-order valence-corrected chi connectivity index (χ1v) is 19.4. The Balaban J connectivity index is 0.000000711. The van der Waals surface area contributed by atoms with E-state index < -0.39 is 11.2 Å². The van der Waals surface area contributed by atoms with Crippen LogP contribution in [0.5, 0.6) is 0 Å². The molecular weight excluding hydrogens is 644 g/mol. The van der Waals surface area contributed by atoms with Crippen LogP contribution in [-0.2, 0) is 20.9 Å². The number of aliphatic carboxylic acids is 1. The number of benzene rings is 1. The topological polar surface area (TPSA) is 54.4 Å². The Labute approximate surface area is 154 Å². The zero-order valence-electron chi connectivity index (χ0n) is 9.92. The molecule has 0 amide bonds. The Hall–Kier alpha value is 1.48. The Morgan fingerprint density at radius 2 is 1.74 bits per heavy atom. The first-order chi connectivity index (χ1) is 8.82. The third-order valence-corrected chi connectivity index (χ3v) is 2.83. The molecule has 0 spiro atoms. The van der Waals surface area contributed by atoms with E-state index in [0.717, 1.165) is 17.3 Å². The molecule has 0 aliphatic carbocycles. The normalized spacial score (nSPS) is 11.4. The van der Waals surface area contributed by atoms with Crippen LogP contribution < -0.4 is 0 Å². The van der Waals surface area contributed by atoms with Crippen molar-refractivity contribution < 1.29 is 19.6 Å². The molecule has 0 aliphatic rings. The number of rotatable bonds is 4. The number of halogens is 3. The van der Waals surface area contributed by atoms with Crippen LogP contribution in [-0.4, -0.2) is 21.4 Å². The molecule has 1 N–H and O–H groups in total. The van der Waals surface area contributed by atoms with Gasteiger partial charge in [0.1, 0.15) is 5.25 Å². The molecule has 0 bridgehead atoms. The van der Waals surface area contributed by atoms with Crippen molar-refractivity contribution >= 4 is 82.8 Å². The second-order valence-electron chi connectivity index (χ2n) is 3.32. The van der Waals surface area contributed by atoms with Gasteiger partial charge in [0.25, 0.3) is 0 Å². The van der Waals surface area contributed by atoms with E-state index in [4.69, 9.17) is 5.11 Å². The van der Waals surface area contributed by atoms with E-state index in [-0.39, 0.29) is 10.0 Å². The van der Waals surface area contributed by atoms with Gasteiger partial charge in [-0.3, -0.25) is 9.59 Å². The summed E-state index contributed by atoms with van der Waals surface area (Å²) in [7, 11) is 0. The summed E-state index contributed by atoms with van der Waals surface area (Å²) < 4.78 is 0. The molecule has 0 aromatic heterocycles. The first kappa shape index (κ1) is 20.5. The van der Waals surface area contributed by atoms with Crippen LogP contribution in [0.4, 0.5) is 0 Å². The van der Waals surface area contributed by atoms with Crippen molar-refractivity contribution in [2.45, 2.75) is 18.6 Å². The van der Waals surface area contributed by atoms with E-state index in [2.05, 4.69) is 59.9 Å². The minimum absolute atomic E-state index is 0.168. The van der Waals surface area contributed by atoms with Crippen molar-refractivity contribution in [3.63, 3.8) is 0 Å². The Bertz CT molecular complexity index is 401. The maximum absolute atomic E-state index is 10.9. The Kier molecular flexibility index (Phi) is 13.0. The van der Waals surface area contributed by atoms with Gasteiger partial charge in [-0.05, 0) is 12.0 Å². The molecule has 1 aromatic rings. The van der Waals surface area contributed by atoms with Gasteiger partial charge < -0.3 is 5.11 Å². The number of carboxylic acid groups (broad SMARTS) is 1. The molecule has 1 rings (SSSR count). The summed E-state index contributed by atoms with van der Waals surface area (Å²) in [5, 5.41) is 8.05. The monoisotopic (exact) mass is 656 g/mol. The summed E-state index contributed by atoms with van der Waals surface area (Å²) in [6.45, 7) is 1.38. The van der Waals surface area contributed by atoms with Gasteiger partial charge in [-0.25, -0.2) is 0 Å². The van der Waals surface area contributed by atoms with Crippen LogP contribution in [0, 0.1) is 0 Å². The number of hydrogen-bond acceptors (Lipinski definition) is 3. The van der Waals surface area contributed by atoms with Crippen molar-refractivity contribution in [3.8, 4) is 0 Å². The molecular formula is C11H12I3O3SV. The van der Waals surface area contributed by atoms with Gasteiger partial charge in [0.15, 0.2) is 5.12 Å². The average molecular weight is 656 g/mol. The third kappa shape index (κ3) is 12.9. The van der Waals surface area contributed by atoms with Gasteiger partial charge in [0.05, 0.1) is 0 Å². The number of carbonyl (C=O) groups excluding carboxylic acids is 1. The predicted molar refractivity (Wildman–Crippen MR) is 102 cm³/mol. The molecule has 1 aromatic carbocycles. The van der Waals surface area contributed by atoms with Crippen LogP contribution in [0.3, 0.4) is 0 Å². The molecule has 0 saturated heterocycles. The SMILES string of the molecule is CC(=O)SC(Cc1ccccc1)C(=O)O.[I][V]([I])[I]. The van der Waals surface area contributed by atoms with Crippen LogP contribution in [0.2, 0.25) is 0 Å². The van der Waals surface area contributed by atoms with Crippen molar-refractivity contribution in [1.82, 2.24) is 0 Å². The fourth-order valence-electron chi connectivity index (χ4n) is 1.21. The molecule has 0 saturated carbocycles. The summed E-state index contributed by atoms with van der Waals surface area (Å²) in [6.07, 6.45) is 0.375. The standard InChI is InChI=1S/C11H12O3S.3HI.V/c1-8(12)15-10(11(13)14)7-9-5-3-2-4-6-9;;;;/h2-6,10H,7H2,1H3,(H,13,14);3*1H;/q;;;;+3/p-3. The second kappa shape index (κ2) is 12.1. The molecule has 1 unspecified atom stereocenters. The number of thioether (sulfide) groups is 1. The summed E-state index contributed by atoms with van der Waals surface area (Å²) in [5.41, 5.74) is 0.929. The maximum atomic E-state index is 10.9. The molecule has 8 heteroatoms. The fraction of sp³-hybridized carbons (Fsp3) is 0.273. The number of hydrogen-bond donors (Lipinski definition) is 1. The number of carbonyl (C=O) groups is 2. The zero-order chi connectivity index (χ0) is 14.8. The molecule has 0 fully saturated rings. The molecule has 19 heavy (non-hydrogen) atoms. The summed E-state index contributed by atoms with van der Waals surface area (Å²) in [4.78, 5) is 21.4. The molecule has 0 heterocycles. The quantitative estimate of drug-likeness (QED) is 0.482. The van der Waals surface area contributed by atoms with E-state index in [0.29, 0.717) is 6.42 Å². The minimum atomic E-state index is -0.945. The first-order valence-electron chi connectivity index (χ1n) is 5.04. The van der Waals surface area contributed by atoms with Crippen LogP contribution in [0.25, 0.3) is 0 Å². The van der Waals surface area contributed by atoms with Crippen molar-refractivity contribution in [2.24, 2.45) is 0 Å². The molecule has 0 radical (unpaired) electrons. The van der Waals surface area contributed by atoms with E-state index in [9.17, 15) is 9.59 Å². The second-order valence-corrected chi connectivity index (χ2v) is 40.1. The van der Waals surface area contributed by atoms with Crippen molar-refractivity contribution in [3.05, 3.63) is 35.9 Å². The molecule has 1 atom stereocenters. The van der Waals surface area contributed by atoms with Crippen LogP contribution in [0.15, 0.2) is 30.3 Å². The Morgan fingerprint density at radius 3 is 2.11 bits per heavy atom. The summed E-state index contributed by atoms with van der Waals surface area (Å²) in [5.74, 6) is -0.945. The van der Waals surface area contributed by atoms with Gasteiger partial charge in [-0.1, -0.05) is 42.1 Å². The van der Waals surface area contributed by atoms with E-state index in [1.165, 1.54) is 6.92 Å². The van der Waals surface area contributed by atoms with Gasteiger partial charge >= 0.3 is 70.8 Å². The van der Waals surface area contributed by atoms with Gasteiger partial charge in [-0.2, -0.15) is 0 Å². The van der Waals surface area contributed by atoms with Crippen molar-refractivity contribution in [1.29, 1.82) is 0 Å². The zero-order valence-corrected chi connectivity index (χ0v) is 18.6. The molecule has 106 valence electrons. The van der Waals surface area contributed by atoms with Crippen LogP contribution >= 0.6 is 71.7 Å². The molecule has 0 aliphatic heterocycles. The van der Waals surface area contributed by atoms with Gasteiger partial charge in [-0.15, -0.1) is 0 Å². The van der Waals surface area contributed by atoms with E-state index in [1.807, 2.05) is 30.3 Å². The summed E-state index contributed by atoms with van der Waals surface area (Å²) >= 11 is 8.25. The van der Waals surface area contributed by atoms with E-state index in [1.54, 1.807) is 0 Å². The van der Waals surface area contributed by atoms with Gasteiger partial charge in [0.2, 0.25) is 0 Å².